The lowest BCUT2D eigenvalue weighted by molar-refractivity contribution is 0.0693. The first-order valence-electron chi connectivity index (χ1n) is 3.24. The standard InChI is InChI=1S/C8H5O5/c9-6-2-1-4(7(10)11)3-5(6)8(12)13/h1-2,9H,(H,10,11)(H,12,13). The summed E-state index contributed by atoms with van der Waals surface area (Å²) in [6, 6.07) is 4.14. The van der Waals surface area contributed by atoms with E-state index in [-0.39, 0.29) is 5.56 Å². The molecule has 0 fully saturated rings. The van der Waals surface area contributed by atoms with Crippen molar-refractivity contribution in [1.82, 2.24) is 0 Å². The second-order valence-electron chi connectivity index (χ2n) is 2.24. The van der Waals surface area contributed by atoms with Gasteiger partial charge in [0.15, 0.2) is 0 Å². The Balaban J connectivity index is 3.27. The number of aromatic carboxylic acids is 2. The van der Waals surface area contributed by atoms with E-state index in [1.54, 1.807) is 0 Å². The Labute approximate surface area is 72.9 Å². The molecule has 0 amide bonds. The predicted octanol–water partition coefficient (Wildman–Crippen LogP) is 0.589. The quantitative estimate of drug-likeness (QED) is 0.620. The Kier molecular flexibility index (Phi) is 2.19. The van der Waals surface area contributed by atoms with E-state index in [1.807, 2.05) is 0 Å². The van der Waals surface area contributed by atoms with Gasteiger partial charge in [0, 0.05) is 6.07 Å². The maximum Gasteiger partial charge on any atom is 0.340 e. The Morgan fingerprint density at radius 1 is 1.15 bits per heavy atom. The lowest BCUT2D eigenvalue weighted by atomic mass is 10.1. The molecule has 67 valence electrons. The van der Waals surface area contributed by atoms with Crippen molar-refractivity contribution in [3.8, 4) is 5.75 Å². The topological polar surface area (TPSA) is 94.8 Å². The molecule has 0 saturated heterocycles. The van der Waals surface area contributed by atoms with E-state index in [0.29, 0.717) is 0 Å². The first-order chi connectivity index (χ1) is 6.02. The molecule has 5 heteroatoms. The number of carboxylic acids is 2. The zero-order valence-electron chi connectivity index (χ0n) is 6.31. The smallest absolute Gasteiger partial charge is 0.340 e. The first kappa shape index (κ1) is 9.05. The Morgan fingerprint density at radius 2 is 1.77 bits per heavy atom. The number of phenols is 1. The van der Waals surface area contributed by atoms with Crippen LogP contribution in [0.15, 0.2) is 12.1 Å². The largest absolute Gasteiger partial charge is 0.507 e. The van der Waals surface area contributed by atoms with Crippen LogP contribution in [0, 0.1) is 6.07 Å². The lowest BCUT2D eigenvalue weighted by Gasteiger charge is -1.99. The van der Waals surface area contributed by atoms with Gasteiger partial charge in [-0.15, -0.1) is 0 Å². The van der Waals surface area contributed by atoms with Gasteiger partial charge in [0.2, 0.25) is 0 Å². The van der Waals surface area contributed by atoms with E-state index in [2.05, 4.69) is 6.07 Å². The molecule has 1 rings (SSSR count). The van der Waals surface area contributed by atoms with Crippen molar-refractivity contribution in [3.05, 3.63) is 29.3 Å². The van der Waals surface area contributed by atoms with Crippen molar-refractivity contribution in [2.75, 3.05) is 0 Å². The van der Waals surface area contributed by atoms with Gasteiger partial charge in [-0.05, 0) is 12.1 Å². The second kappa shape index (κ2) is 3.14. The minimum atomic E-state index is -1.42. The third kappa shape index (κ3) is 1.76. The molecule has 0 aliphatic rings. The van der Waals surface area contributed by atoms with Crippen LogP contribution < -0.4 is 0 Å². The normalized spacial score (nSPS) is 9.54. The molecule has 3 N–H and O–H groups in total. The summed E-state index contributed by atoms with van der Waals surface area (Å²) in [5.41, 5.74) is -0.838. The van der Waals surface area contributed by atoms with Gasteiger partial charge in [-0.2, -0.15) is 0 Å². The Bertz CT molecular complexity index is 369. The van der Waals surface area contributed by atoms with E-state index in [9.17, 15) is 9.59 Å². The number of carbonyl (C=O) groups is 2. The van der Waals surface area contributed by atoms with Crippen LogP contribution in [0.3, 0.4) is 0 Å². The molecule has 0 saturated carbocycles. The van der Waals surface area contributed by atoms with Gasteiger partial charge in [0.1, 0.15) is 11.3 Å². The molecule has 0 bridgehead atoms. The number of aromatic hydroxyl groups is 1. The Hall–Kier alpha value is -2.04. The molecular formula is C8H5O5. The summed E-state index contributed by atoms with van der Waals surface area (Å²) in [6.07, 6.45) is 0. The van der Waals surface area contributed by atoms with Crippen molar-refractivity contribution in [2.45, 2.75) is 0 Å². The molecule has 0 spiro atoms. The highest BCUT2D eigenvalue weighted by molar-refractivity contribution is 5.95. The maximum atomic E-state index is 10.4. The van der Waals surface area contributed by atoms with Crippen LogP contribution in [-0.4, -0.2) is 27.3 Å². The van der Waals surface area contributed by atoms with E-state index >= 15 is 0 Å². The molecule has 13 heavy (non-hydrogen) atoms. The highest BCUT2D eigenvalue weighted by Crippen LogP contribution is 2.17. The van der Waals surface area contributed by atoms with Crippen LogP contribution in [0.5, 0.6) is 5.75 Å². The minimum absolute atomic E-state index is 0.296. The van der Waals surface area contributed by atoms with Crippen LogP contribution in [0.1, 0.15) is 20.7 Å². The molecule has 0 aliphatic heterocycles. The number of hydrogen-bond acceptors (Lipinski definition) is 3. The molecule has 0 unspecified atom stereocenters. The number of carboxylic acid groups (broad SMARTS) is 2. The molecular weight excluding hydrogens is 176 g/mol. The highest BCUT2D eigenvalue weighted by atomic mass is 16.4. The van der Waals surface area contributed by atoms with E-state index in [0.717, 1.165) is 12.1 Å². The Morgan fingerprint density at radius 3 is 2.23 bits per heavy atom. The summed E-state index contributed by atoms with van der Waals surface area (Å²) in [6.45, 7) is 0. The second-order valence-corrected chi connectivity index (χ2v) is 2.24. The van der Waals surface area contributed by atoms with Crippen LogP contribution in [0.25, 0.3) is 0 Å². The highest BCUT2D eigenvalue weighted by Gasteiger charge is 2.13. The molecule has 1 aromatic rings. The van der Waals surface area contributed by atoms with Crippen molar-refractivity contribution in [1.29, 1.82) is 0 Å². The monoisotopic (exact) mass is 181 g/mol. The molecule has 0 aromatic heterocycles. The minimum Gasteiger partial charge on any atom is -0.507 e. The summed E-state index contributed by atoms with van der Waals surface area (Å²) >= 11 is 0. The third-order valence-electron chi connectivity index (χ3n) is 1.37. The lowest BCUT2D eigenvalue weighted by Crippen LogP contribution is -2.02. The zero-order valence-corrected chi connectivity index (χ0v) is 6.31. The number of hydrogen-bond donors (Lipinski definition) is 3. The van der Waals surface area contributed by atoms with Crippen molar-refractivity contribution in [2.24, 2.45) is 0 Å². The predicted molar refractivity (Wildman–Crippen MR) is 40.9 cm³/mol. The molecule has 1 radical (unpaired) electrons. The van der Waals surface area contributed by atoms with Gasteiger partial charge in [0.05, 0.1) is 5.56 Å². The summed E-state index contributed by atoms with van der Waals surface area (Å²) in [5.74, 6) is -3.21. The van der Waals surface area contributed by atoms with Gasteiger partial charge in [-0.25, -0.2) is 9.59 Å². The number of rotatable bonds is 2. The summed E-state index contributed by atoms with van der Waals surface area (Å²) < 4.78 is 0. The molecule has 0 aliphatic carbocycles. The summed E-state index contributed by atoms with van der Waals surface area (Å²) in [7, 11) is 0. The van der Waals surface area contributed by atoms with Gasteiger partial charge in [0.25, 0.3) is 0 Å². The van der Waals surface area contributed by atoms with Crippen LogP contribution >= 0.6 is 0 Å². The first-order valence-corrected chi connectivity index (χ1v) is 3.24. The molecule has 0 heterocycles. The van der Waals surface area contributed by atoms with Crippen molar-refractivity contribution in [3.63, 3.8) is 0 Å². The average molecular weight is 181 g/mol. The van der Waals surface area contributed by atoms with Crippen LogP contribution in [0.4, 0.5) is 0 Å². The van der Waals surface area contributed by atoms with E-state index < -0.39 is 23.3 Å². The fraction of sp³-hybridized carbons (Fsp3) is 0. The van der Waals surface area contributed by atoms with Gasteiger partial charge >= 0.3 is 11.9 Å². The summed E-state index contributed by atoms with van der Waals surface area (Å²) in [4.78, 5) is 20.8. The fourth-order valence-corrected chi connectivity index (χ4v) is 0.774. The summed E-state index contributed by atoms with van der Waals surface area (Å²) in [5, 5.41) is 25.9. The van der Waals surface area contributed by atoms with E-state index in [1.165, 1.54) is 0 Å². The van der Waals surface area contributed by atoms with Crippen LogP contribution in [0.2, 0.25) is 0 Å². The van der Waals surface area contributed by atoms with Crippen molar-refractivity contribution >= 4 is 11.9 Å². The van der Waals surface area contributed by atoms with E-state index in [4.69, 9.17) is 15.3 Å². The van der Waals surface area contributed by atoms with Gasteiger partial charge < -0.3 is 15.3 Å². The van der Waals surface area contributed by atoms with Crippen LogP contribution in [-0.2, 0) is 0 Å². The average Bonchev–Trinajstić information content (AvgIpc) is 2.04. The molecule has 5 nitrogen and oxygen atoms in total. The third-order valence-corrected chi connectivity index (χ3v) is 1.37. The molecule has 1 aromatic carbocycles. The van der Waals surface area contributed by atoms with Gasteiger partial charge in [-0.1, -0.05) is 0 Å². The van der Waals surface area contributed by atoms with Crippen molar-refractivity contribution < 1.29 is 24.9 Å². The zero-order chi connectivity index (χ0) is 10.0. The fourth-order valence-electron chi connectivity index (χ4n) is 0.774. The SMILES string of the molecule is O=C(O)c1[c]c(C(=O)O)c(O)cc1. The van der Waals surface area contributed by atoms with Gasteiger partial charge in [-0.3, -0.25) is 0 Å². The maximum absolute atomic E-state index is 10.4. The number of benzene rings is 1. The molecule has 0 atom stereocenters.